The fraction of sp³-hybridized carbons (Fsp3) is 0.462. The zero-order valence-electron chi connectivity index (χ0n) is 10.4. The summed E-state index contributed by atoms with van der Waals surface area (Å²) in [6.07, 6.45) is 0.857. The Balaban J connectivity index is 2.30. The van der Waals surface area contributed by atoms with Crippen LogP contribution >= 0.6 is 11.6 Å². The summed E-state index contributed by atoms with van der Waals surface area (Å²) in [6, 6.07) is 5.22. The van der Waals surface area contributed by atoms with Gasteiger partial charge in [0.1, 0.15) is 0 Å². The zero-order valence-corrected chi connectivity index (χ0v) is 11.1. The molecule has 2 rings (SSSR count). The van der Waals surface area contributed by atoms with Gasteiger partial charge in [0.05, 0.1) is 29.8 Å². The second-order valence-electron chi connectivity index (χ2n) is 4.34. The molecule has 1 aromatic rings. The topological polar surface area (TPSA) is 55.6 Å². The largest absolute Gasteiger partial charge is 0.398 e. The van der Waals surface area contributed by atoms with Crippen LogP contribution in [-0.4, -0.2) is 36.6 Å². The van der Waals surface area contributed by atoms with Gasteiger partial charge in [0.15, 0.2) is 0 Å². The molecule has 18 heavy (non-hydrogen) atoms. The van der Waals surface area contributed by atoms with E-state index in [1.165, 1.54) is 0 Å². The monoisotopic (exact) mass is 268 g/mol. The third-order valence-electron chi connectivity index (χ3n) is 3.22. The molecule has 1 unspecified atom stereocenters. The molecule has 0 radical (unpaired) electrons. The third kappa shape index (κ3) is 2.44. The van der Waals surface area contributed by atoms with Gasteiger partial charge in [-0.1, -0.05) is 24.6 Å². The molecule has 0 spiro atoms. The molecule has 1 amide bonds. The molecular weight excluding hydrogens is 252 g/mol. The first kappa shape index (κ1) is 13.2. The Morgan fingerprint density at radius 2 is 2.39 bits per heavy atom. The Labute approximate surface area is 112 Å². The van der Waals surface area contributed by atoms with E-state index in [1.54, 1.807) is 23.1 Å². The second kappa shape index (κ2) is 5.59. The van der Waals surface area contributed by atoms with E-state index in [9.17, 15) is 4.79 Å². The summed E-state index contributed by atoms with van der Waals surface area (Å²) in [5.41, 5.74) is 6.68. The van der Waals surface area contributed by atoms with Gasteiger partial charge in [0.25, 0.3) is 5.91 Å². The van der Waals surface area contributed by atoms with Gasteiger partial charge in [0.2, 0.25) is 0 Å². The van der Waals surface area contributed by atoms with Crippen molar-refractivity contribution in [1.29, 1.82) is 0 Å². The van der Waals surface area contributed by atoms with Gasteiger partial charge < -0.3 is 15.4 Å². The average molecular weight is 269 g/mol. The highest BCUT2D eigenvalue weighted by atomic mass is 35.5. The maximum Gasteiger partial charge on any atom is 0.257 e. The Kier molecular flexibility index (Phi) is 4.09. The Hall–Kier alpha value is -1.26. The molecule has 1 fully saturated rings. The number of benzene rings is 1. The van der Waals surface area contributed by atoms with E-state index in [-0.39, 0.29) is 11.9 Å². The van der Waals surface area contributed by atoms with E-state index in [2.05, 4.69) is 0 Å². The SMILES string of the molecule is CCC1COCCN1C(=O)c1c(N)cccc1Cl. The summed E-state index contributed by atoms with van der Waals surface area (Å²) >= 11 is 6.08. The van der Waals surface area contributed by atoms with Crippen LogP contribution in [0.25, 0.3) is 0 Å². The van der Waals surface area contributed by atoms with Crippen molar-refractivity contribution in [3.05, 3.63) is 28.8 Å². The van der Waals surface area contributed by atoms with E-state index >= 15 is 0 Å². The minimum atomic E-state index is -0.103. The van der Waals surface area contributed by atoms with Crippen LogP contribution in [0.15, 0.2) is 18.2 Å². The Bertz CT molecular complexity index is 430. The van der Waals surface area contributed by atoms with Crippen LogP contribution in [0.4, 0.5) is 5.69 Å². The molecule has 1 heterocycles. The number of amides is 1. The van der Waals surface area contributed by atoms with Crippen molar-refractivity contribution in [3.8, 4) is 0 Å². The van der Waals surface area contributed by atoms with Gasteiger partial charge in [-0.2, -0.15) is 0 Å². The molecule has 0 aromatic heterocycles. The number of nitrogens with two attached hydrogens (primary N) is 1. The van der Waals surface area contributed by atoms with Crippen molar-refractivity contribution in [2.45, 2.75) is 19.4 Å². The van der Waals surface area contributed by atoms with E-state index in [0.29, 0.717) is 36.0 Å². The lowest BCUT2D eigenvalue weighted by Gasteiger charge is -2.35. The summed E-state index contributed by atoms with van der Waals surface area (Å²) in [6.45, 7) is 3.76. The van der Waals surface area contributed by atoms with E-state index in [1.807, 2.05) is 6.92 Å². The van der Waals surface area contributed by atoms with Crippen molar-refractivity contribution in [2.24, 2.45) is 0 Å². The molecule has 4 nitrogen and oxygen atoms in total. The van der Waals surface area contributed by atoms with Gasteiger partial charge in [0, 0.05) is 12.2 Å². The fourth-order valence-corrected chi connectivity index (χ4v) is 2.43. The number of hydrogen-bond acceptors (Lipinski definition) is 3. The maximum absolute atomic E-state index is 12.5. The minimum absolute atomic E-state index is 0.0990. The fourth-order valence-electron chi connectivity index (χ4n) is 2.17. The third-order valence-corrected chi connectivity index (χ3v) is 3.53. The van der Waals surface area contributed by atoms with Crippen molar-refractivity contribution in [3.63, 3.8) is 0 Å². The molecule has 1 atom stereocenters. The van der Waals surface area contributed by atoms with Crippen LogP contribution in [-0.2, 0) is 4.74 Å². The maximum atomic E-state index is 12.5. The summed E-state index contributed by atoms with van der Waals surface area (Å²) < 4.78 is 5.39. The van der Waals surface area contributed by atoms with E-state index in [0.717, 1.165) is 6.42 Å². The second-order valence-corrected chi connectivity index (χ2v) is 4.75. The number of hydrogen-bond donors (Lipinski definition) is 1. The lowest BCUT2D eigenvalue weighted by Crippen LogP contribution is -2.48. The molecule has 1 aromatic carbocycles. The summed E-state index contributed by atoms with van der Waals surface area (Å²) in [7, 11) is 0. The number of carbonyl (C=O) groups excluding carboxylic acids is 1. The predicted octanol–water partition coefficient (Wildman–Crippen LogP) is 2.17. The average Bonchev–Trinajstić information content (AvgIpc) is 2.38. The molecule has 0 aliphatic carbocycles. The summed E-state index contributed by atoms with van der Waals surface area (Å²) in [4.78, 5) is 14.3. The number of morpholine rings is 1. The number of anilines is 1. The molecule has 1 aliphatic rings. The molecule has 2 N–H and O–H groups in total. The molecule has 5 heteroatoms. The van der Waals surface area contributed by atoms with Crippen molar-refractivity contribution in [2.75, 3.05) is 25.5 Å². The highest BCUT2D eigenvalue weighted by Gasteiger charge is 2.28. The first-order valence-electron chi connectivity index (χ1n) is 6.07. The molecule has 1 saturated heterocycles. The number of carbonyl (C=O) groups is 1. The Morgan fingerprint density at radius 1 is 1.61 bits per heavy atom. The molecule has 98 valence electrons. The van der Waals surface area contributed by atoms with Crippen LogP contribution in [0.2, 0.25) is 5.02 Å². The molecule has 1 aliphatic heterocycles. The Morgan fingerprint density at radius 3 is 3.06 bits per heavy atom. The molecular formula is C13H17ClN2O2. The summed E-state index contributed by atoms with van der Waals surface area (Å²) in [5.74, 6) is -0.103. The molecule has 0 saturated carbocycles. The number of halogens is 1. The lowest BCUT2D eigenvalue weighted by molar-refractivity contribution is -0.00273. The standard InChI is InChI=1S/C13H17ClN2O2/c1-2-9-8-18-7-6-16(9)13(17)12-10(14)4-3-5-11(12)15/h3-5,9H,2,6-8,15H2,1H3. The van der Waals surface area contributed by atoms with Crippen LogP contribution < -0.4 is 5.73 Å². The van der Waals surface area contributed by atoms with E-state index < -0.39 is 0 Å². The highest BCUT2D eigenvalue weighted by molar-refractivity contribution is 6.34. The summed E-state index contributed by atoms with van der Waals surface area (Å²) in [5, 5.41) is 0.404. The normalized spacial score (nSPS) is 19.9. The number of ether oxygens (including phenoxy) is 1. The lowest BCUT2D eigenvalue weighted by atomic mass is 10.1. The van der Waals surface area contributed by atoms with Gasteiger partial charge in [-0.3, -0.25) is 4.79 Å². The first-order chi connectivity index (χ1) is 8.65. The van der Waals surface area contributed by atoms with Gasteiger partial charge >= 0.3 is 0 Å². The predicted molar refractivity (Wildman–Crippen MR) is 71.8 cm³/mol. The smallest absolute Gasteiger partial charge is 0.257 e. The van der Waals surface area contributed by atoms with Crippen LogP contribution in [0.1, 0.15) is 23.7 Å². The van der Waals surface area contributed by atoms with Gasteiger partial charge in [-0.15, -0.1) is 0 Å². The van der Waals surface area contributed by atoms with Crippen molar-refractivity contribution < 1.29 is 9.53 Å². The van der Waals surface area contributed by atoms with E-state index in [4.69, 9.17) is 22.1 Å². The first-order valence-corrected chi connectivity index (χ1v) is 6.45. The molecule has 0 bridgehead atoms. The number of nitrogen functional groups attached to an aromatic ring is 1. The minimum Gasteiger partial charge on any atom is -0.398 e. The van der Waals surface area contributed by atoms with Gasteiger partial charge in [-0.05, 0) is 18.6 Å². The number of nitrogens with zero attached hydrogens (tertiary/aromatic N) is 1. The quantitative estimate of drug-likeness (QED) is 0.837. The van der Waals surface area contributed by atoms with Gasteiger partial charge in [-0.25, -0.2) is 0 Å². The van der Waals surface area contributed by atoms with Crippen molar-refractivity contribution in [1.82, 2.24) is 4.90 Å². The van der Waals surface area contributed by atoms with Crippen LogP contribution in [0.5, 0.6) is 0 Å². The highest BCUT2D eigenvalue weighted by Crippen LogP contribution is 2.25. The number of rotatable bonds is 2. The van der Waals surface area contributed by atoms with Crippen LogP contribution in [0, 0.1) is 0 Å². The zero-order chi connectivity index (χ0) is 13.1. The van der Waals surface area contributed by atoms with Crippen molar-refractivity contribution >= 4 is 23.2 Å². The van der Waals surface area contributed by atoms with Crippen LogP contribution in [0.3, 0.4) is 0 Å².